The van der Waals surface area contributed by atoms with E-state index in [1.54, 1.807) is 29.8 Å². The molecule has 3 aromatic heterocycles. The Morgan fingerprint density at radius 2 is 2.00 bits per heavy atom. The van der Waals surface area contributed by atoms with Gasteiger partial charge in [0.25, 0.3) is 10.0 Å². The summed E-state index contributed by atoms with van der Waals surface area (Å²) in [5.41, 5.74) is 1.88. The smallest absolute Gasteiger partial charge is 0.280 e. The second-order valence-electron chi connectivity index (χ2n) is 6.34. The van der Waals surface area contributed by atoms with E-state index in [2.05, 4.69) is 14.7 Å². The molecule has 0 atom stereocenters. The number of methoxy groups -OCH3 is 1. The first-order valence-corrected chi connectivity index (χ1v) is 10.2. The number of imidazole rings is 2. The van der Waals surface area contributed by atoms with Gasteiger partial charge >= 0.3 is 0 Å². The number of hydrogen-bond acceptors (Lipinski definition) is 6. The van der Waals surface area contributed by atoms with Gasteiger partial charge in [0.2, 0.25) is 0 Å². The van der Waals surface area contributed by atoms with Crippen LogP contribution in [0.3, 0.4) is 0 Å². The standard InChI is InChI=1S/C19H19N5O4S/c1-23-11-19(20-13-23)29(25,26)22-14-6-7-16(27-2)17(9-14)28-12-15-10-24-8-4-3-5-18(24)21-15/h3-11,13,22H,12H2,1-2H3. The zero-order valence-corrected chi connectivity index (χ0v) is 16.6. The zero-order chi connectivity index (χ0) is 20.4. The molecule has 0 saturated carbocycles. The minimum absolute atomic E-state index is 0.0667. The molecule has 1 aromatic carbocycles. The van der Waals surface area contributed by atoms with Crippen molar-refractivity contribution in [1.29, 1.82) is 0 Å². The van der Waals surface area contributed by atoms with Crippen molar-refractivity contribution in [2.45, 2.75) is 11.6 Å². The lowest BCUT2D eigenvalue weighted by Crippen LogP contribution is -2.13. The first-order valence-electron chi connectivity index (χ1n) is 8.69. The van der Waals surface area contributed by atoms with Gasteiger partial charge in [-0.25, -0.2) is 9.97 Å². The van der Waals surface area contributed by atoms with E-state index in [0.717, 1.165) is 11.3 Å². The van der Waals surface area contributed by atoms with Crippen molar-refractivity contribution in [2.24, 2.45) is 7.05 Å². The molecule has 29 heavy (non-hydrogen) atoms. The second kappa shape index (κ2) is 7.47. The summed E-state index contributed by atoms with van der Waals surface area (Å²) in [4.78, 5) is 8.36. The molecule has 4 aromatic rings. The van der Waals surface area contributed by atoms with E-state index in [1.165, 1.54) is 19.6 Å². The second-order valence-corrected chi connectivity index (χ2v) is 7.96. The van der Waals surface area contributed by atoms with Crippen LogP contribution in [0.2, 0.25) is 0 Å². The van der Waals surface area contributed by atoms with Gasteiger partial charge in [-0.2, -0.15) is 8.42 Å². The summed E-state index contributed by atoms with van der Waals surface area (Å²) in [5.74, 6) is 0.875. The lowest BCUT2D eigenvalue weighted by atomic mass is 10.3. The summed E-state index contributed by atoms with van der Waals surface area (Å²) < 4.78 is 42.1. The predicted molar refractivity (Wildman–Crippen MR) is 107 cm³/mol. The molecule has 0 bridgehead atoms. The lowest BCUT2D eigenvalue weighted by Gasteiger charge is -2.12. The van der Waals surface area contributed by atoms with Crippen LogP contribution in [-0.2, 0) is 23.7 Å². The summed E-state index contributed by atoms with van der Waals surface area (Å²) in [5, 5.41) is -0.0667. The third kappa shape index (κ3) is 4.02. The van der Waals surface area contributed by atoms with Gasteiger partial charge in [-0.05, 0) is 24.3 Å². The number of aromatic nitrogens is 4. The predicted octanol–water partition coefficient (Wildman–Crippen LogP) is 2.46. The van der Waals surface area contributed by atoms with Crippen molar-refractivity contribution >= 4 is 21.4 Å². The minimum Gasteiger partial charge on any atom is -0.493 e. The maximum absolute atomic E-state index is 12.5. The number of nitrogens with zero attached hydrogens (tertiary/aromatic N) is 4. The molecule has 0 radical (unpaired) electrons. The van der Waals surface area contributed by atoms with Crippen LogP contribution in [0.5, 0.6) is 11.5 Å². The monoisotopic (exact) mass is 413 g/mol. The zero-order valence-electron chi connectivity index (χ0n) is 15.8. The van der Waals surface area contributed by atoms with Crippen molar-refractivity contribution in [3.63, 3.8) is 0 Å². The van der Waals surface area contributed by atoms with Gasteiger partial charge in [0.1, 0.15) is 12.3 Å². The van der Waals surface area contributed by atoms with Crippen molar-refractivity contribution in [3.8, 4) is 11.5 Å². The normalized spacial score (nSPS) is 11.5. The fraction of sp³-hybridized carbons (Fsp3) is 0.158. The lowest BCUT2D eigenvalue weighted by molar-refractivity contribution is 0.281. The summed E-state index contributed by atoms with van der Waals surface area (Å²) in [6.07, 6.45) is 6.62. The van der Waals surface area contributed by atoms with Crippen molar-refractivity contribution < 1.29 is 17.9 Å². The molecule has 0 aliphatic carbocycles. The summed E-state index contributed by atoms with van der Waals surface area (Å²) in [6.45, 7) is 0.203. The fourth-order valence-corrected chi connectivity index (χ4v) is 3.83. The SMILES string of the molecule is COc1ccc(NS(=O)(=O)c2cn(C)cn2)cc1OCc1cn2ccccc2n1. The molecular formula is C19H19N5O4S. The number of sulfonamides is 1. The molecule has 0 fully saturated rings. The van der Waals surface area contributed by atoms with Crippen LogP contribution in [0.4, 0.5) is 5.69 Å². The van der Waals surface area contributed by atoms with Gasteiger partial charge in [0.15, 0.2) is 16.5 Å². The molecule has 0 saturated heterocycles. The molecule has 4 rings (SSSR count). The Hall–Kier alpha value is -3.53. The van der Waals surface area contributed by atoms with Crippen LogP contribution >= 0.6 is 0 Å². The molecule has 1 N–H and O–H groups in total. The van der Waals surface area contributed by atoms with E-state index in [0.29, 0.717) is 17.2 Å². The third-order valence-electron chi connectivity index (χ3n) is 4.16. The molecular weight excluding hydrogens is 394 g/mol. The quantitative estimate of drug-likeness (QED) is 0.500. The number of aryl methyl sites for hydroxylation is 1. The molecule has 0 aliphatic heterocycles. The largest absolute Gasteiger partial charge is 0.493 e. The molecule has 0 unspecified atom stereocenters. The highest BCUT2D eigenvalue weighted by atomic mass is 32.2. The van der Waals surface area contributed by atoms with Gasteiger partial charge in [0.05, 0.1) is 24.8 Å². The summed E-state index contributed by atoms with van der Waals surface area (Å²) in [7, 11) is -0.589. The van der Waals surface area contributed by atoms with Crippen LogP contribution < -0.4 is 14.2 Å². The van der Waals surface area contributed by atoms with Crippen molar-refractivity contribution in [3.05, 3.63) is 67.0 Å². The van der Waals surface area contributed by atoms with Crippen LogP contribution in [-0.4, -0.2) is 34.5 Å². The Balaban J connectivity index is 1.55. The summed E-state index contributed by atoms with van der Waals surface area (Å²) in [6, 6.07) is 10.5. The van der Waals surface area contributed by atoms with Crippen LogP contribution in [0, 0.1) is 0 Å². The third-order valence-corrected chi connectivity index (χ3v) is 5.43. The van der Waals surface area contributed by atoms with E-state index in [-0.39, 0.29) is 11.6 Å². The van der Waals surface area contributed by atoms with Crippen molar-refractivity contribution in [2.75, 3.05) is 11.8 Å². The van der Waals surface area contributed by atoms with Gasteiger partial charge in [-0.3, -0.25) is 4.72 Å². The number of rotatable bonds is 7. The number of nitrogens with one attached hydrogen (secondary N) is 1. The number of anilines is 1. The molecule has 9 nitrogen and oxygen atoms in total. The maximum atomic E-state index is 12.5. The number of pyridine rings is 1. The first-order chi connectivity index (χ1) is 13.9. The van der Waals surface area contributed by atoms with Crippen LogP contribution in [0.15, 0.2) is 66.3 Å². The van der Waals surface area contributed by atoms with E-state index in [1.807, 2.05) is 35.0 Å². The average molecular weight is 413 g/mol. The van der Waals surface area contributed by atoms with Gasteiger partial charge < -0.3 is 18.4 Å². The number of ether oxygens (including phenoxy) is 2. The molecule has 3 heterocycles. The Labute approximate surface area is 167 Å². The first kappa shape index (κ1) is 18.8. The maximum Gasteiger partial charge on any atom is 0.280 e. The molecule has 0 spiro atoms. The van der Waals surface area contributed by atoms with Gasteiger partial charge in [-0.1, -0.05) is 6.07 Å². The Bertz CT molecular complexity index is 1230. The number of benzene rings is 1. The molecule has 150 valence electrons. The summed E-state index contributed by atoms with van der Waals surface area (Å²) >= 11 is 0. The average Bonchev–Trinajstić information content (AvgIpc) is 3.32. The Kier molecular flexibility index (Phi) is 4.85. The Morgan fingerprint density at radius 3 is 2.72 bits per heavy atom. The number of hydrogen-bond donors (Lipinski definition) is 1. The van der Waals surface area contributed by atoms with E-state index in [9.17, 15) is 8.42 Å². The molecule has 0 amide bonds. The topological polar surface area (TPSA) is 99.8 Å². The number of fused-ring (bicyclic) bond motifs is 1. The van der Waals surface area contributed by atoms with Gasteiger partial charge in [-0.15, -0.1) is 0 Å². The van der Waals surface area contributed by atoms with E-state index < -0.39 is 10.0 Å². The van der Waals surface area contributed by atoms with Crippen molar-refractivity contribution in [1.82, 2.24) is 18.9 Å². The van der Waals surface area contributed by atoms with Gasteiger partial charge in [0, 0.05) is 31.7 Å². The molecule has 10 heteroatoms. The highest BCUT2D eigenvalue weighted by Gasteiger charge is 2.18. The highest BCUT2D eigenvalue weighted by Crippen LogP contribution is 2.31. The van der Waals surface area contributed by atoms with Crippen LogP contribution in [0.25, 0.3) is 5.65 Å². The van der Waals surface area contributed by atoms with E-state index >= 15 is 0 Å². The fourth-order valence-electron chi connectivity index (χ4n) is 2.80. The minimum atomic E-state index is -3.81. The molecule has 0 aliphatic rings. The highest BCUT2D eigenvalue weighted by molar-refractivity contribution is 7.92. The Morgan fingerprint density at radius 1 is 1.14 bits per heavy atom. The van der Waals surface area contributed by atoms with Crippen LogP contribution in [0.1, 0.15) is 5.69 Å². The van der Waals surface area contributed by atoms with E-state index in [4.69, 9.17) is 9.47 Å².